The highest BCUT2D eigenvalue weighted by Crippen LogP contribution is 2.40. The lowest BCUT2D eigenvalue weighted by atomic mass is 9.91. The molecule has 0 saturated heterocycles. The number of amides is 1. The molecule has 0 unspecified atom stereocenters. The fourth-order valence-corrected chi connectivity index (χ4v) is 3.24. The van der Waals surface area contributed by atoms with Gasteiger partial charge in [0.2, 0.25) is 23.4 Å². The summed E-state index contributed by atoms with van der Waals surface area (Å²) < 4.78 is 21.6. The molecule has 0 fully saturated rings. The minimum Gasteiger partial charge on any atom is -0.493 e. The topological polar surface area (TPSA) is 86.9 Å². The highest BCUT2D eigenvalue weighted by molar-refractivity contribution is 5.76. The second-order valence-electron chi connectivity index (χ2n) is 9.15. The van der Waals surface area contributed by atoms with Gasteiger partial charge in [-0.05, 0) is 23.5 Å². The zero-order chi connectivity index (χ0) is 23.2. The van der Waals surface area contributed by atoms with Crippen molar-refractivity contribution in [1.82, 2.24) is 15.0 Å². The maximum atomic E-state index is 12.8. The fourth-order valence-electron chi connectivity index (χ4n) is 3.24. The second-order valence-corrected chi connectivity index (χ2v) is 9.15. The minimum absolute atomic E-state index is 0.0591. The molecule has 2 aromatic rings. The first-order chi connectivity index (χ1) is 14.6. The summed E-state index contributed by atoms with van der Waals surface area (Å²) in [6.07, 6.45) is 0.986. The Kier molecular flexibility index (Phi) is 8.30. The molecular formula is C23H35N3O5. The van der Waals surface area contributed by atoms with Crippen LogP contribution in [0.5, 0.6) is 17.2 Å². The van der Waals surface area contributed by atoms with E-state index in [-0.39, 0.29) is 11.3 Å². The molecule has 8 nitrogen and oxygen atoms in total. The van der Waals surface area contributed by atoms with Gasteiger partial charge in [0.05, 0.1) is 21.3 Å². The predicted molar refractivity (Wildman–Crippen MR) is 119 cm³/mol. The van der Waals surface area contributed by atoms with Gasteiger partial charge in [0, 0.05) is 31.5 Å². The van der Waals surface area contributed by atoms with Gasteiger partial charge in [-0.3, -0.25) is 4.79 Å². The van der Waals surface area contributed by atoms with Crippen LogP contribution in [0.4, 0.5) is 0 Å². The maximum absolute atomic E-state index is 12.8. The number of hydrogen-bond donors (Lipinski definition) is 0. The zero-order valence-corrected chi connectivity index (χ0v) is 19.9. The molecule has 0 bridgehead atoms. The van der Waals surface area contributed by atoms with Gasteiger partial charge < -0.3 is 23.6 Å². The van der Waals surface area contributed by atoms with Crippen LogP contribution in [0, 0.1) is 11.3 Å². The summed E-state index contributed by atoms with van der Waals surface area (Å²) in [5.74, 6) is 2.94. The van der Waals surface area contributed by atoms with E-state index in [0.717, 1.165) is 0 Å². The average molecular weight is 434 g/mol. The van der Waals surface area contributed by atoms with Crippen molar-refractivity contribution in [2.24, 2.45) is 11.3 Å². The molecule has 31 heavy (non-hydrogen) atoms. The summed E-state index contributed by atoms with van der Waals surface area (Å²) in [5, 5.41) is 4.09. The molecule has 0 atom stereocenters. The Morgan fingerprint density at radius 1 is 1.10 bits per heavy atom. The molecule has 8 heteroatoms. The van der Waals surface area contributed by atoms with Crippen LogP contribution in [0.3, 0.4) is 0 Å². The van der Waals surface area contributed by atoms with Gasteiger partial charge in [-0.15, -0.1) is 0 Å². The van der Waals surface area contributed by atoms with Crippen LogP contribution in [0.25, 0.3) is 11.4 Å². The van der Waals surface area contributed by atoms with E-state index in [1.54, 1.807) is 33.5 Å². The summed E-state index contributed by atoms with van der Waals surface area (Å²) in [4.78, 5) is 19.2. The number of nitrogens with zero attached hydrogens (tertiary/aromatic N) is 3. The molecule has 2 rings (SSSR count). The lowest BCUT2D eigenvalue weighted by Gasteiger charge is -2.27. The van der Waals surface area contributed by atoms with Gasteiger partial charge in [-0.1, -0.05) is 39.8 Å². The zero-order valence-electron chi connectivity index (χ0n) is 19.9. The summed E-state index contributed by atoms with van der Waals surface area (Å²) in [7, 11) is 4.66. The van der Waals surface area contributed by atoms with Gasteiger partial charge in [0.1, 0.15) is 0 Å². The van der Waals surface area contributed by atoms with Crippen LogP contribution >= 0.6 is 0 Å². The van der Waals surface area contributed by atoms with Crippen molar-refractivity contribution in [3.05, 3.63) is 18.0 Å². The first-order valence-electron chi connectivity index (χ1n) is 10.5. The summed E-state index contributed by atoms with van der Waals surface area (Å²) in [6.45, 7) is 11.6. The number of ether oxygens (including phenoxy) is 3. The van der Waals surface area contributed by atoms with E-state index in [0.29, 0.717) is 66.4 Å². The lowest BCUT2D eigenvalue weighted by Crippen LogP contribution is -2.37. The Balaban J connectivity index is 2.17. The van der Waals surface area contributed by atoms with Gasteiger partial charge in [0.25, 0.3) is 0 Å². The number of hydrogen-bond acceptors (Lipinski definition) is 7. The number of carbonyl (C=O) groups is 1. The van der Waals surface area contributed by atoms with Crippen molar-refractivity contribution in [3.63, 3.8) is 0 Å². The Hall–Kier alpha value is -2.77. The Morgan fingerprint density at radius 3 is 2.19 bits per heavy atom. The van der Waals surface area contributed by atoms with Crippen molar-refractivity contribution in [2.75, 3.05) is 34.4 Å². The first-order valence-corrected chi connectivity index (χ1v) is 10.5. The molecule has 172 valence electrons. The first kappa shape index (κ1) is 24.5. The highest BCUT2D eigenvalue weighted by atomic mass is 16.5. The van der Waals surface area contributed by atoms with Crippen molar-refractivity contribution in [3.8, 4) is 28.6 Å². The molecule has 1 amide bonds. The van der Waals surface area contributed by atoms with Crippen LogP contribution in [-0.4, -0.2) is 55.4 Å². The molecule has 0 aliphatic carbocycles. The van der Waals surface area contributed by atoms with E-state index in [1.165, 1.54) is 0 Å². The average Bonchev–Trinajstić information content (AvgIpc) is 3.17. The maximum Gasteiger partial charge on any atom is 0.228 e. The standard InChI is InChI=1S/C23H35N3O5/c1-15(2)14-26(20(27)13-23(3,4)5)10-9-19-24-22(25-31-19)16-11-17(28-6)21(30-8)18(12-16)29-7/h11-12,15H,9-10,13-14H2,1-8H3. The van der Waals surface area contributed by atoms with E-state index in [1.807, 2.05) is 4.90 Å². The van der Waals surface area contributed by atoms with Crippen LogP contribution in [0.1, 0.15) is 46.9 Å². The summed E-state index contributed by atoms with van der Waals surface area (Å²) >= 11 is 0. The highest BCUT2D eigenvalue weighted by Gasteiger charge is 2.23. The molecule has 0 aliphatic rings. The number of aromatic nitrogens is 2. The minimum atomic E-state index is -0.0591. The fraction of sp³-hybridized carbons (Fsp3) is 0.609. The van der Waals surface area contributed by atoms with Crippen LogP contribution in [0.15, 0.2) is 16.7 Å². The normalized spacial score (nSPS) is 11.5. The van der Waals surface area contributed by atoms with Crippen molar-refractivity contribution < 1.29 is 23.5 Å². The number of carbonyl (C=O) groups excluding carboxylic acids is 1. The molecule has 0 spiro atoms. The largest absolute Gasteiger partial charge is 0.493 e. The summed E-state index contributed by atoms with van der Waals surface area (Å²) in [5.41, 5.74) is 0.628. The van der Waals surface area contributed by atoms with E-state index in [2.05, 4.69) is 44.8 Å². The van der Waals surface area contributed by atoms with Gasteiger partial charge >= 0.3 is 0 Å². The predicted octanol–water partition coefficient (Wildman–Crippen LogP) is 4.23. The van der Waals surface area contributed by atoms with E-state index >= 15 is 0 Å². The molecular weight excluding hydrogens is 398 g/mol. The Bertz CT molecular complexity index is 845. The van der Waals surface area contributed by atoms with E-state index in [4.69, 9.17) is 18.7 Å². The van der Waals surface area contributed by atoms with Gasteiger partial charge in [0.15, 0.2) is 11.5 Å². The second kappa shape index (κ2) is 10.5. The van der Waals surface area contributed by atoms with Crippen molar-refractivity contribution in [1.29, 1.82) is 0 Å². The molecule has 1 aromatic heterocycles. The number of rotatable bonds is 10. The van der Waals surface area contributed by atoms with Crippen molar-refractivity contribution >= 4 is 5.91 Å². The third-order valence-electron chi connectivity index (χ3n) is 4.61. The molecule has 0 radical (unpaired) electrons. The SMILES string of the molecule is COc1cc(-c2noc(CCN(CC(C)C)C(=O)CC(C)(C)C)n2)cc(OC)c1OC. The summed E-state index contributed by atoms with van der Waals surface area (Å²) in [6, 6.07) is 3.54. The molecule has 0 aliphatic heterocycles. The lowest BCUT2D eigenvalue weighted by molar-refractivity contribution is -0.133. The van der Waals surface area contributed by atoms with Crippen LogP contribution in [0.2, 0.25) is 0 Å². The van der Waals surface area contributed by atoms with Crippen LogP contribution in [-0.2, 0) is 11.2 Å². The van der Waals surface area contributed by atoms with Gasteiger partial charge in [-0.25, -0.2) is 0 Å². The molecule has 1 heterocycles. The number of benzene rings is 1. The van der Waals surface area contributed by atoms with E-state index in [9.17, 15) is 4.79 Å². The smallest absolute Gasteiger partial charge is 0.228 e. The molecule has 0 saturated carbocycles. The van der Waals surface area contributed by atoms with Crippen molar-refractivity contribution in [2.45, 2.75) is 47.5 Å². The Labute approximate surface area is 184 Å². The molecule has 1 aromatic carbocycles. The number of methoxy groups -OCH3 is 3. The quantitative estimate of drug-likeness (QED) is 0.554. The Morgan fingerprint density at radius 2 is 1.71 bits per heavy atom. The molecule has 0 N–H and O–H groups in total. The van der Waals surface area contributed by atoms with E-state index < -0.39 is 0 Å². The third-order valence-corrected chi connectivity index (χ3v) is 4.61. The van der Waals surface area contributed by atoms with Gasteiger partial charge in [-0.2, -0.15) is 4.98 Å². The monoisotopic (exact) mass is 433 g/mol. The third kappa shape index (κ3) is 6.87. The van der Waals surface area contributed by atoms with Crippen LogP contribution < -0.4 is 14.2 Å².